The monoisotopic (exact) mass is 281 g/mol. The maximum atomic E-state index is 12.9. The number of nitrogens with one attached hydrogen (secondary N) is 1. The van der Waals surface area contributed by atoms with Crippen LogP contribution in [0.4, 0.5) is 5.69 Å². The highest BCUT2D eigenvalue weighted by atomic mass is 16.2. The Labute approximate surface area is 125 Å². The Morgan fingerprint density at radius 3 is 2.10 bits per heavy atom. The molecule has 1 N–H and O–H groups in total. The Kier molecular flexibility index (Phi) is 4.28. The molecule has 1 aliphatic heterocycles. The lowest BCUT2D eigenvalue weighted by atomic mass is 10.2. The van der Waals surface area contributed by atoms with E-state index < -0.39 is 0 Å². The number of hydrogen-bond donors (Lipinski definition) is 1. The lowest BCUT2D eigenvalue weighted by Crippen LogP contribution is -2.54. The van der Waals surface area contributed by atoms with Crippen LogP contribution in [0.5, 0.6) is 0 Å². The number of piperazine rings is 1. The first kappa shape index (κ1) is 13.8. The van der Waals surface area contributed by atoms with E-state index in [0.717, 1.165) is 31.9 Å². The van der Waals surface area contributed by atoms with Gasteiger partial charge in [-0.2, -0.15) is 0 Å². The zero-order valence-corrected chi connectivity index (χ0v) is 11.9. The summed E-state index contributed by atoms with van der Waals surface area (Å²) < 4.78 is 0. The molecular weight excluding hydrogens is 262 g/mol. The average Bonchev–Trinajstić information content (AvgIpc) is 2.58. The highest BCUT2D eigenvalue weighted by Gasteiger charge is 2.25. The third-order valence-electron chi connectivity index (χ3n) is 3.59. The lowest BCUT2D eigenvalue weighted by Gasteiger charge is -2.37. The zero-order chi connectivity index (χ0) is 14.5. The minimum Gasteiger partial charge on any atom is -0.314 e. The molecule has 2 aromatic carbocycles. The second-order valence-corrected chi connectivity index (χ2v) is 5.02. The maximum absolute atomic E-state index is 12.9. The van der Waals surface area contributed by atoms with Gasteiger partial charge in [0.25, 0.3) is 5.91 Å². The average molecular weight is 281 g/mol. The summed E-state index contributed by atoms with van der Waals surface area (Å²) in [5.74, 6) is 0.0173. The lowest BCUT2D eigenvalue weighted by molar-refractivity contribution is 0.0880. The van der Waals surface area contributed by atoms with Crippen molar-refractivity contribution in [3.63, 3.8) is 0 Å². The van der Waals surface area contributed by atoms with Crippen molar-refractivity contribution in [3.8, 4) is 0 Å². The van der Waals surface area contributed by atoms with Crippen LogP contribution in [0.3, 0.4) is 0 Å². The van der Waals surface area contributed by atoms with Crippen LogP contribution in [0, 0.1) is 0 Å². The van der Waals surface area contributed by atoms with Crippen LogP contribution < -0.4 is 10.3 Å². The van der Waals surface area contributed by atoms with Crippen molar-refractivity contribution in [1.29, 1.82) is 0 Å². The first-order chi connectivity index (χ1) is 10.4. The summed E-state index contributed by atoms with van der Waals surface area (Å²) in [6.07, 6.45) is 0. The fourth-order valence-corrected chi connectivity index (χ4v) is 2.53. The first-order valence-corrected chi connectivity index (χ1v) is 7.26. The largest absolute Gasteiger partial charge is 0.314 e. The van der Waals surface area contributed by atoms with Crippen LogP contribution >= 0.6 is 0 Å². The number of hydrogen-bond acceptors (Lipinski definition) is 3. The second kappa shape index (κ2) is 6.52. The van der Waals surface area contributed by atoms with Crippen LogP contribution in [0.15, 0.2) is 60.7 Å². The Hall–Kier alpha value is -2.17. The van der Waals surface area contributed by atoms with Crippen LogP contribution in [-0.2, 0) is 0 Å². The number of carbonyl (C=O) groups excluding carboxylic acids is 1. The first-order valence-electron chi connectivity index (χ1n) is 7.26. The van der Waals surface area contributed by atoms with E-state index in [1.807, 2.05) is 60.7 Å². The third kappa shape index (κ3) is 3.12. The molecule has 1 amide bonds. The van der Waals surface area contributed by atoms with Crippen molar-refractivity contribution in [2.24, 2.45) is 0 Å². The molecule has 1 fully saturated rings. The van der Waals surface area contributed by atoms with Crippen molar-refractivity contribution in [3.05, 3.63) is 66.2 Å². The van der Waals surface area contributed by atoms with Gasteiger partial charge in [0.05, 0.1) is 5.69 Å². The summed E-state index contributed by atoms with van der Waals surface area (Å²) in [4.78, 5) is 12.9. The van der Waals surface area contributed by atoms with E-state index in [4.69, 9.17) is 0 Å². The molecule has 0 aliphatic carbocycles. The van der Waals surface area contributed by atoms with Gasteiger partial charge in [-0.15, -0.1) is 0 Å². The number of rotatable bonds is 3. The summed E-state index contributed by atoms with van der Waals surface area (Å²) in [6.45, 7) is 3.44. The standard InChI is InChI=1S/C17H19N3O/c21-17(15-7-3-1-4-8-15)20(16-9-5-2-6-10-16)19-13-11-18-12-14-19/h1-10,18H,11-14H2. The topological polar surface area (TPSA) is 35.6 Å². The van der Waals surface area contributed by atoms with Crippen molar-refractivity contribution >= 4 is 11.6 Å². The van der Waals surface area contributed by atoms with Crippen molar-refractivity contribution in [1.82, 2.24) is 10.3 Å². The molecule has 0 spiro atoms. The quantitative estimate of drug-likeness (QED) is 0.936. The van der Waals surface area contributed by atoms with Crippen LogP contribution in [-0.4, -0.2) is 37.1 Å². The number of anilines is 1. The van der Waals surface area contributed by atoms with Crippen LogP contribution in [0.25, 0.3) is 0 Å². The van der Waals surface area contributed by atoms with Gasteiger partial charge in [-0.1, -0.05) is 36.4 Å². The van der Waals surface area contributed by atoms with E-state index in [-0.39, 0.29) is 5.91 Å². The molecule has 0 saturated carbocycles. The minimum absolute atomic E-state index is 0.0173. The summed E-state index contributed by atoms with van der Waals surface area (Å²) in [5, 5.41) is 7.23. The van der Waals surface area contributed by atoms with Crippen molar-refractivity contribution < 1.29 is 4.79 Å². The van der Waals surface area contributed by atoms with Gasteiger partial charge in [-0.05, 0) is 24.3 Å². The Morgan fingerprint density at radius 1 is 0.905 bits per heavy atom. The van der Waals surface area contributed by atoms with Crippen LogP contribution in [0.2, 0.25) is 0 Å². The fourth-order valence-electron chi connectivity index (χ4n) is 2.53. The summed E-state index contributed by atoms with van der Waals surface area (Å²) >= 11 is 0. The zero-order valence-electron chi connectivity index (χ0n) is 11.9. The molecule has 3 rings (SSSR count). The maximum Gasteiger partial charge on any atom is 0.272 e. The van der Waals surface area contributed by atoms with Gasteiger partial charge in [-0.3, -0.25) is 4.79 Å². The SMILES string of the molecule is O=C(c1ccccc1)N(c1ccccc1)N1CCNCC1. The van der Waals surface area contributed by atoms with Gasteiger partial charge >= 0.3 is 0 Å². The van der Waals surface area contributed by atoms with Gasteiger partial charge in [-0.25, -0.2) is 10.0 Å². The summed E-state index contributed by atoms with van der Waals surface area (Å²) in [6, 6.07) is 19.3. The molecule has 2 aromatic rings. The van der Waals surface area contributed by atoms with Gasteiger partial charge in [0.15, 0.2) is 0 Å². The number of para-hydroxylation sites is 1. The van der Waals surface area contributed by atoms with E-state index in [1.165, 1.54) is 0 Å². The molecule has 1 saturated heterocycles. The molecule has 1 heterocycles. The molecule has 108 valence electrons. The van der Waals surface area contributed by atoms with Crippen molar-refractivity contribution in [2.45, 2.75) is 0 Å². The van der Waals surface area contributed by atoms with E-state index in [0.29, 0.717) is 5.56 Å². The molecule has 4 nitrogen and oxygen atoms in total. The number of benzene rings is 2. The molecule has 21 heavy (non-hydrogen) atoms. The highest BCUT2D eigenvalue weighted by molar-refractivity contribution is 6.05. The highest BCUT2D eigenvalue weighted by Crippen LogP contribution is 2.19. The second-order valence-electron chi connectivity index (χ2n) is 5.02. The predicted molar refractivity (Wildman–Crippen MR) is 84.1 cm³/mol. The number of hydrazine groups is 1. The van der Waals surface area contributed by atoms with Crippen molar-refractivity contribution in [2.75, 3.05) is 31.2 Å². The normalized spacial score (nSPS) is 15.6. The number of carbonyl (C=O) groups is 1. The van der Waals surface area contributed by atoms with Crippen LogP contribution in [0.1, 0.15) is 10.4 Å². The molecule has 0 bridgehead atoms. The molecule has 0 unspecified atom stereocenters. The smallest absolute Gasteiger partial charge is 0.272 e. The van der Waals surface area contributed by atoms with Gasteiger partial charge < -0.3 is 5.32 Å². The van der Waals surface area contributed by atoms with Gasteiger partial charge in [0.2, 0.25) is 0 Å². The Balaban J connectivity index is 1.94. The molecule has 0 atom stereocenters. The van der Waals surface area contributed by atoms with Gasteiger partial charge in [0.1, 0.15) is 0 Å². The predicted octanol–water partition coefficient (Wildman–Crippen LogP) is 2.15. The molecular formula is C17H19N3O. The Morgan fingerprint density at radius 2 is 1.48 bits per heavy atom. The third-order valence-corrected chi connectivity index (χ3v) is 3.59. The van der Waals surface area contributed by atoms with E-state index in [2.05, 4.69) is 10.3 Å². The molecule has 0 aromatic heterocycles. The number of amides is 1. The summed E-state index contributed by atoms with van der Waals surface area (Å²) in [7, 11) is 0. The molecule has 1 aliphatic rings. The Bertz CT molecular complexity index is 579. The van der Waals surface area contributed by atoms with Gasteiger partial charge in [0, 0.05) is 31.7 Å². The minimum atomic E-state index is 0.0173. The fraction of sp³-hybridized carbons (Fsp3) is 0.235. The molecule has 4 heteroatoms. The van der Waals surface area contributed by atoms with E-state index in [9.17, 15) is 4.79 Å². The summed E-state index contributed by atoms with van der Waals surface area (Å²) in [5.41, 5.74) is 1.62. The van der Waals surface area contributed by atoms with E-state index >= 15 is 0 Å². The van der Waals surface area contributed by atoms with E-state index in [1.54, 1.807) is 5.01 Å². The molecule has 0 radical (unpaired) electrons. The number of nitrogens with zero attached hydrogens (tertiary/aromatic N) is 2.